The highest BCUT2D eigenvalue weighted by molar-refractivity contribution is 5.92. The minimum absolute atomic E-state index is 0.179. The molecule has 0 unspecified atom stereocenters. The summed E-state index contributed by atoms with van der Waals surface area (Å²) < 4.78 is 12.8. The molecule has 94 valence electrons. The van der Waals surface area contributed by atoms with E-state index < -0.39 is 0 Å². The minimum Gasteiger partial charge on any atom is -0.490 e. The molecule has 2 aromatic rings. The number of nitrogens with zero attached hydrogens (tertiary/aromatic N) is 1. The molecular formula is C14H15NO3. The molecule has 1 aromatic carbocycles. The highest BCUT2D eigenvalue weighted by atomic mass is 16.5. The molecule has 4 heteroatoms. The Bertz CT molecular complexity index is 600. The van der Waals surface area contributed by atoms with Gasteiger partial charge in [-0.25, -0.2) is 0 Å². The van der Waals surface area contributed by atoms with Gasteiger partial charge in [0.05, 0.1) is 25.1 Å². The van der Waals surface area contributed by atoms with E-state index in [1.54, 1.807) is 0 Å². The number of para-hydroxylation sites is 1. The topological polar surface area (TPSA) is 40.5 Å². The first-order chi connectivity index (χ1) is 8.79. The van der Waals surface area contributed by atoms with E-state index >= 15 is 0 Å². The molecule has 0 amide bonds. The highest BCUT2D eigenvalue weighted by Gasteiger charge is 2.18. The van der Waals surface area contributed by atoms with Crippen molar-refractivity contribution in [3.63, 3.8) is 0 Å². The fourth-order valence-corrected chi connectivity index (χ4v) is 2.46. The van der Waals surface area contributed by atoms with Gasteiger partial charge in [-0.15, -0.1) is 0 Å². The molecule has 0 saturated carbocycles. The number of hydrogen-bond donors (Lipinski definition) is 0. The molecule has 0 spiro atoms. The summed E-state index contributed by atoms with van der Waals surface area (Å²) >= 11 is 0. The summed E-state index contributed by atoms with van der Waals surface area (Å²) in [4.78, 5) is 11.6. The van der Waals surface area contributed by atoms with Gasteiger partial charge in [-0.3, -0.25) is 4.79 Å². The fraction of sp³-hybridized carbons (Fsp3) is 0.357. The van der Waals surface area contributed by atoms with Crippen LogP contribution in [0.25, 0.3) is 10.9 Å². The van der Waals surface area contributed by atoms with Crippen LogP contribution in [0.15, 0.2) is 24.4 Å². The molecule has 18 heavy (non-hydrogen) atoms. The quantitative estimate of drug-likeness (QED) is 0.778. The van der Waals surface area contributed by atoms with Gasteiger partial charge in [-0.2, -0.15) is 0 Å². The van der Waals surface area contributed by atoms with E-state index in [4.69, 9.17) is 9.47 Å². The van der Waals surface area contributed by atoms with Crippen molar-refractivity contribution in [3.05, 3.63) is 30.0 Å². The maximum atomic E-state index is 11.6. The molecule has 1 aliphatic heterocycles. The molecule has 0 fully saturated rings. The zero-order chi connectivity index (χ0) is 12.5. The number of hydrogen-bond acceptors (Lipinski definition) is 3. The zero-order valence-corrected chi connectivity index (χ0v) is 10.3. The average molecular weight is 245 g/mol. The molecule has 2 heterocycles. The second-order valence-corrected chi connectivity index (χ2v) is 4.33. The highest BCUT2D eigenvalue weighted by Crippen LogP contribution is 2.32. The van der Waals surface area contributed by atoms with Crippen molar-refractivity contribution in [2.45, 2.75) is 19.9 Å². The third-order valence-electron chi connectivity index (χ3n) is 3.17. The molecule has 0 aliphatic carbocycles. The molecule has 0 N–H and O–H groups in total. The Morgan fingerprint density at radius 3 is 3.22 bits per heavy atom. The number of benzene rings is 1. The Balaban J connectivity index is 2.04. The predicted octanol–water partition coefficient (Wildman–Crippen LogP) is 2.14. The molecule has 0 radical (unpaired) electrons. The van der Waals surface area contributed by atoms with Crippen molar-refractivity contribution in [2.24, 2.45) is 0 Å². The zero-order valence-electron chi connectivity index (χ0n) is 10.3. The summed E-state index contributed by atoms with van der Waals surface area (Å²) in [7, 11) is 0. The molecule has 0 atom stereocenters. The van der Waals surface area contributed by atoms with Crippen molar-refractivity contribution < 1.29 is 14.3 Å². The first-order valence-corrected chi connectivity index (χ1v) is 6.18. The normalized spacial score (nSPS) is 13.4. The fourth-order valence-electron chi connectivity index (χ4n) is 2.46. The molecule has 4 nitrogen and oxygen atoms in total. The van der Waals surface area contributed by atoms with Crippen molar-refractivity contribution in [1.29, 1.82) is 0 Å². The Morgan fingerprint density at radius 1 is 1.50 bits per heavy atom. The number of aromatic nitrogens is 1. The predicted molar refractivity (Wildman–Crippen MR) is 67.8 cm³/mol. The second kappa shape index (κ2) is 4.37. The van der Waals surface area contributed by atoms with Crippen molar-refractivity contribution in [3.8, 4) is 5.75 Å². The van der Waals surface area contributed by atoms with Crippen molar-refractivity contribution in [2.75, 3.05) is 13.2 Å². The van der Waals surface area contributed by atoms with Crippen LogP contribution in [0.3, 0.4) is 0 Å². The van der Waals surface area contributed by atoms with Crippen LogP contribution in [0.4, 0.5) is 0 Å². The maximum absolute atomic E-state index is 11.6. The third kappa shape index (κ3) is 1.74. The molecule has 0 saturated heterocycles. The van der Waals surface area contributed by atoms with E-state index in [-0.39, 0.29) is 5.97 Å². The SMILES string of the molecule is CCOC(=O)Cc1cn2c3c(cccc13)OCC2. The van der Waals surface area contributed by atoms with E-state index in [2.05, 4.69) is 4.57 Å². The van der Waals surface area contributed by atoms with E-state index in [1.807, 2.05) is 31.3 Å². The van der Waals surface area contributed by atoms with Gasteiger partial charge >= 0.3 is 5.97 Å². The van der Waals surface area contributed by atoms with Crippen LogP contribution < -0.4 is 4.74 Å². The van der Waals surface area contributed by atoms with Crippen molar-refractivity contribution >= 4 is 16.9 Å². The van der Waals surface area contributed by atoms with Gasteiger partial charge in [0.25, 0.3) is 0 Å². The Labute approximate surface area is 105 Å². The molecule has 3 rings (SSSR count). The summed E-state index contributed by atoms with van der Waals surface area (Å²) in [6, 6.07) is 5.95. The van der Waals surface area contributed by atoms with Gasteiger partial charge < -0.3 is 14.0 Å². The maximum Gasteiger partial charge on any atom is 0.310 e. The summed E-state index contributed by atoms with van der Waals surface area (Å²) in [5.74, 6) is 0.718. The molecular weight excluding hydrogens is 230 g/mol. The summed E-state index contributed by atoms with van der Waals surface area (Å²) in [5, 5.41) is 1.08. The first kappa shape index (κ1) is 11.1. The lowest BCUT2D eigenvalue weighted by Crippen LogP contribution is -2.12. The minimum atomic E-state index is -0.179. The van der Waals surface area contributed by atoms with Crippen LogP contribution in [0.5, 0.6) is 5.75 Å². The number of esters is 1. The largest absolute Gasteiger partial charge is 0.490 e. The average Bonchev–Trinajstić information content (AvgIpc) is 2.71. The number of ether oxygens (including phenoxy) is 2. The van der Waals surface area contributed by atoms with Gasteiger partial charge in [0.1, 0.15) is 12.4 Å². The summed E-state index contributed by atoms with van der Waals surface area (Å²) in [6.45, 7) is 3.75. The summed E-state index contributed by atoms with van der Waals surface area (Å²) in [5.41, 5.74) is 2.10. The van der Waals surface area contributed by atoms with Crippen LogP contribution in [0.2, 0.25) is 0 Å². The van der Waals surface area contributed by atoms with Crippen LogP contribution in [-0.4, -0.2) is 23.8 Å². The Hall–Kier alpha value is -1.97. The lowest BCUT2D eigenvalue weighted by atomic mass is 10.1. The molecule has 1 aromatic heterocycles. The van der Waals surface area contributed by atoms with Gasteiger partial charge in [0.2, 0.25) is 0 Å². The number of carbonyl (C=O) groups excluding carboxylic acids is 1. The van der Waals surface area contributed by atoms with Crippen LogP contribution in [0.1, 0.15) is 12.5 Å². The van der Waals surface area contributed by atoms with Gasteiger partial charge in [-0.1, -0.05) is 12.1 Å². The van der Waals surface area contributed by atoms with Gasteiger partial charge in [0, 0.05) is 11.6 Å². The van der Waals surface area contributed by atoms with E-state index in [0.29, 0.717) is 19.6 Å². The molecule has 1 aliphatic rings. The summed E-state index contributed by atoms with van der Waals surface area (Å²) in [6.07, 6.45) is 2.36. The van der Waals surface area contributed by atoms with Crippen LogP contribution >= 0.6 is 0 Å². The van der Waals surface area contributed by atoms with Gasteiger partial charge in [-0.05, 0) is 18.6 Å². The standard InChI is InChI=1S/C14H15NO3/c1-2-17-13(16)8-10-9-15-6-7-18-12-5-3-4-11(10)14(12)15/h3-5,9H,2,6-8H2,1H3. The number of rotatable bonds is 3. The Kier molecular flexibility index (Phi) is 2.70. The van der Waals surface area contributed by atoms with E-state index in [9.17, 15) is 4.79 Å². The lowest BCUT2D eigenvalue weighted by Gasteiger charge is -2.16. The number of carbonyl (C=O) groups is 1. The van der Waals surface area contributed by atoms with Crippen LogP contribution in [-0.2, 0) is 22.5 Å². The van der Waals surface area contributed by atoms with Crippen LogP contribution in [0, 0.1) is 0 Å². The third-order valence-corrected chi connectivity index (χ3v) is 3.17. The van der Waals surface area contributed by atoms with Crippen molar-refractivity contribution in [1.82, 2.24) is 4.57 Å². The van der Waals surface area contributed by atoms with E-state index in [1.165, 1.54) is 0 Å². The Morgan fingerprint density at radius 2 is 2.39 bits per heavy atom. The first-order valence-electron chi connectivity index (χ1n) is 6.18. The lowest BCUT2D eigenvalue weighted by molar-refractivity contribution is -0.142. The van der Waals surface area contributed by atoms with E-state index in [0.717, 1.165) is 28.8 Å². The second-order valence-electron chi connectivity index (χ2n) is 4.33. The molecule has 0 bridgehead atoms. The van der Waals surface area contributed by atoms with Gasteiger partial charge in [0.15, 0.2) is 0 Å². The smallest absolute Gasteiger partial charge is 0.310 e. The monoisotopic (exact) mass is 245 g/mol.